The first-order valence-electron chi connectivity index (χ1n) is 9.97. The summed E-state index contributed by atoms with van der Waals surface area (Å²) in [5, 5.41) is 0. The second-order valence-electron chi connectivity index (χ2n) is 7.94. The van der Waals surface area contributed by atoms with Gasteiger partial charge in [-0.2, -0.15) is 0 Å². The highest BCUT2D eigenvalue weighted by Gasteiger charge is 2.41. The van der Waals surface area contributed by atoms with Gasteiger partial charge in [-0.1, -0.05) is 65.0 Å². The Morgan fingerprint density at radius 3 is 2.00 bits per heavy atom. The zero-order valence-corrected chi connectivity index (χ0v) is 17.2. The average molecular weight is 377 g/mol. The van der Waals surface area contributed by atoms with E-state index in [0.717, 1.165) is 11.1 Å². The van der Waals surface area contributed by atoms with E-state index in [1.54, 1.807) is 18.2 Å². The van der Waals surface area contributed by atoms with Crippen molar-refractivity contribution in [2.75, 3.05) is 4.90 Å². The average Bonchev–Trinajstić information content (AvgIpc) is 2.91. The third kappa shape index (κ3) is 3.17. The minimum absolute atomic E-state index is 0.0939. The molecule has 0 N–H and O–H groups in total. The number of anilines is 1. The van der Waals surface area contributed by atoms with Crippen molar-refractivity contribution in [2.45, 2.75) is 59.3 Å². The standard InChI is InChI=1S/C24H27NO3/c1-6-9-20(26)18-12-8-13-19-21(18)24(28)25(23(19)27)22-16(14(2)3)10-7-11-17(22)15(4)5/h7-8,10-15H,6,9H2,1-5H3. The van der Waals surface area contributed by atoms with Crippen molar-refractivity contribution in [2.24, 2.45) is 0 Å². The van der Waals surface area contributed by atoms with E-state index in [-0.39, 0.29) is 29.1 Å². The molecule has 1 aliphatic heterocycles. The third-order valence-corrected chi connectivity index (χ3v) is 5.26. The first-order chi connectivity index (χ1) is 13.3. The predicted molar refractivity (Wildman–Crippen MR) is 111 cm³/mol. The van der Waals surface area contributed by atoms with E-state index in [0.29, 0.717) is 29.7 Å². The fourth-order valence-corrected chi connectivity index (χ4v) is 3.85. The van der Waals surface area contributed by atoms with Crippen molar-refractivity contribution in [1.29, 1.82) is 0 Å². The van der Waals surface area contributed by atoms with Gasteiger partial charge in [-0.3, -0.25) is 14.4 Å². The van der Waals surface area contributed by atoms with Crippen LogP contribution >= 0.6 is 0 Å². The Bertz CT molecular complexity index is 930. The van der Waals surface area contributed by atoms with Gasteiger partial charge in [0.25, 0.3) is 11.8 Å². The zero-order chi connectivity index (χ0) is 20.6. The van der Waals surface area contributed by atoms with Gasteiger partial charge in [-0.15, -0.1) is 0 Å². The molecule has 4 nitrogen and oxygen atoms in total. The maximum Gasteiger partial charge on any atom is 0.266 e. The van der Waals surface area contributed by atoms with E-state index in [1.165, 1.54) is 4.90 Å². The van der Waals surface area contributed by atoms with Crippen LogP contribution in [-0.2, 0) is 0 Å². The van der Waals surface area contributed by atoms with Crippen LogP contribution in [0.1, 0.15) is 101 Å². The van der Waals surface area contributed by atoms with E-state index >= 15 is 0 Å². The first kappa shape index (κ1) is 20.0. The molecular formula is C24H27NO3. The molecule has 0 unspecified atom stereocenters. The van der Waals surface area contributed by atoms with Gasteiger partial charge in [-0.05, 0) is 35.4 Å². The van der Waals surface area contributed by atoms with Crippen LogP contribution < -0.4 is 4.90 Å². The Labute approximate surface area is 166 Å². The summed E-state index contributed by atoms with van der Waals surface area (Å²) in [6, 6.07) is 10.9. The lowest BCUT2D eigenvalue weighted by atomic mass is 9.92. The number of carbonyl (C=O) groups is 3. The Kier molecular flexibility index (Phi) is 5.50. The summed E-state index contributed by atoms with van der Waals surface area (Å²) in [5.41, 5.74) is 3.52. The highest BCUT2D eigenvalue weighted by Crippen LogP contribution is 2.40. The van der Waals surface area contributed by atoms with Crippen LogP contribution in [0.15, 0.2) is 36.4 Å². The molecule has 2 aromatic carbocycles. The lowest BCUT2D eigenvalue weighted by molar-refractivity contribution is 0.0916. The molecule has 0 fully saturated rings. The number of para-hydroxylation sites is 1. The van der Waals surface area contributed by atoms with Gasteiger partial charge in [-0.25, -0.2) is 4.90 Å². The molecule has 3 rings (SSSR count). The fraction of sp³-hybridized carbons (Fsp3) is 0.375. The summed E-state index contributed by atoms with van der Waals surface area (Å²) in [6.07, 6.45) is 1.06. The molecule has 0 saturated carbocycles. The van der Waals surface area contributed by atoms with Crippen LogP contribution in [0.4, 0.5) is 5.69 Å². The number of rotatable bonds is 6. The molecule has 1 heterocycles. The second kappa shape index (κ2) is 7.70. The maximum atomic E-state index is 13.4. The van der Waals surface area contributed by atoms with Gasteiger partial charge in [0.2, 0.25) is 0 Å². The molecule has 28 heavy (non-hydrogen) atoms. The third-order valence-electron chi connectivity index (χ3n) is 5.26. The molecule has 0 saturated heterocycles. The Morgan fingerprint density at radius 2 is 1.46 bits per heavy atom. The maximum absolute atomic E-state index is 13.4. The van der Waals surface area contributed by atoms with Gasteiger partial charge >= 0.3 is 0 Å². The molecule has 2 amide bonds. The van der Waals surface area contributed by atoms with Crippen LogP contribution in [0.2, 0.25) is 0 Å². The highest BCUT2D eigenvalue weighted by molar-refractivity contribution is 6.36. The minimum atomic E-state index is -0.393. The monoisotopic (exact) mass is 377 g/mol. The number of carbonyl (C=O) groups excluding carboxylic acids is 3. The molecule has 2 aromatic rings. The number of amides is 2. The molecule has 146 valence electrons. The lowest BCUT2D eigenvalue weighted by Gasteiger charge is -2.25. The molecule has 1 aliphatic rings. The number of hydrogen-bond acceptors (Lipinski definition) is 3. The quantitative estimate of drug-likeness (QED) is 0.478. The van der Waals surface area contributed by atoms with Crippen LogP contribution in [0.3, 0.4) is 0 Å². The lowest BCUT2D eigenvalue weighted by Crippen LogP contribution is -2.32. The van der Waals surface area contributed by atoms with Crippen molar-refractivity contribution in [3.8, 4) is 0 Å². The number of nitrogens with zero attached hydrogens (tertiary/aromatic N) is 1. The normalized spacial score (nSPS) is 13.6. The van der Waals surface area contributed by atoms with Gasteiger partial charge in [0.1, 0.15) is 0 Å². The number of fused-ring (bicyclic) bond motifs is 1. The van der Waals surface area contributed by atoms with Crippen molar-refractivity contribution < 1.29 is 14.4 Å². The minimum Gasteiger partial charge on any atom is -0.294 e. The number of hydrogen-bond donors (Lipinski definition) is 0. The fourth-order valence-electron chi connectivity index (χ4n) is 3.85. The van der Waals surface area contributed by atoms with Gasteiger partial charge < -0.3 is 0 Å². The number of imide groups is 1. The van der Waals surface area contributed by atoms with E-state index in [9.17, 15) is 14.4 Å². The molecule has 0 atom stereocenters. The van der Waals surface area contributed by atoms with Crippen molar-refractivity contribution in [3.63, 3.8) is 0 Å². The summed E-state index contributed by atoms with van der Waals surface area (Å²) in [4.78, 5) is 40.6. The summed E-state index contributed by atoms with van der Waals surface area (Å²) < 4.78 is 0. The van der Waals surface area contributed by atoms with E-state index in [2.05, 4.69) is 27.7 Å². The molecule has 0 bridgehead atoms. The van der Waals surface area contributed by atoms with E-state index in [1.807, 2.05) is 25.1 Å². The Balaban J connectivity index is 2.22. The molecule has 0 aliphatic carbocycles. The largest absolute Gasteiger partial charge is 0.294 e. The molecular weight excluding hydrogens is 350 g/mol. The van der Waals surface area contributed by atoms with Crippen LogP contribution in [0.5, 0.6) is 0 Å². The number of Topliss-reactive ketones (excluding diaryl/α,β-unsaturated/α-hetero) is 1. The van der Waals surface area contributed by atoms with Crippen molar-refractivity contribution in [1.82, 2.24) is 0 Å². The number of benzene rings is 2. The summed E-state index contributed by atoms with van der Waals surface area (Å²) in [7, 11) is 0. The summed E-state index contributed by atoms with van der Waals surface area (Å²) in [5.74, 6) is -0.529. The second-order valence-corrected chi connectivity index (χ2v) is 7.94. The summed E-state index contributed by atoms with van der Waals surface area (Å²) in [6.45, 7) is 10.1. The molecule has 4 heteroatoms. The number of ketones is 1. The smallest absolute Gasteiger partial charge is 0.266 e. The van der Waals surface area contributed by atoms with Gasteiger partial charge in [0, 0.05) is 12.0 Å². The van der Waals surface area contributed by atoms with E-state index < -0.39 is 5.91 Å². The zero-order valence-electron chi connectivity index (χ0n) is 17.2. The van der Waals surface area contributed by atoms with Gasteiger partial charge in [0.05, 0.1) is 16.8 Å². The SMILES string of the molecule is CCCC(=O)c1cccc2c1C(=O)N(c1c(C(C)C)cccc1C(C)C)C2=O. The van der Waals surface area contributed by atoms with Crippen LogP contribution in [0.25, 0.3) is 0 Å². The van der Waals surface area contributed by atoms with Crippen molar-refractivity contribution in [3.05, 3.63) is 64.2 Å². The topological polar surface area (TPSA) is 54.5 Å². The highest BCUT2D eigenvalue weighted by atomic mass is 16.2. The van der Waals surface area contributed by atoms with Crippen molar-refractivity contribution >= 4 is 23.3 Å². The molecule has 0 spiro atoms. The van der Waals surface area contributed by atoms with Gasteiger partial charge in [0.15, 0.2) is 5.78 Å². The summed E-state index contributed by atoms with van der Waals surface area (Å²) >= 11 is 0. The molecule has 0 radical (unpaired) electrons. The first-order valence-corrected chi connectivity index (χ1v) is 9.97. The molecule has 0 aromatic heterocycles. The predicted octanol–water partition coefficient (Wildman–Crippen LogP) is 5.72. The van der Waals surface area contributed by atoms with Crippen LogP contribution in [0, 0.1) is 0 Å². The van der Waals surface area contributed by atoms with Crippen LogP contribution in [-0.4, -0.2) is 17.6 Å². The van der Waals surface area contributed by atoms with E-state index in [4.69, 9.17) is 0 Å². The Hall–Kier alpha value is -2.75. The Morgan fingerprint density at radius 1 is 0.893 bits per heavy atom.